The number of nitrogens with one attached hydrogen (secondary N) is 2. The molecule has 1 aromatic heterocycles. The van der Waals surface area contributed by atoms with Crippen molar-refractivity contribution in [3.05, 3.63) is 4.88 Å². The lowest BCUT2D eigenvalue weighted by atomic mass is 10.2. The Kier molecular flexibility index (Phi) is 5.95. The summed E-state index contributed by atoms with van der Waals surface area (Å²) in [6, 6.07) is -0.624. The van der Waals surface area contributed by atoms with E-state index in [-0.39, 0.29) is 17.6 Å². The number of thiazole rings is 1. The molecule has 0 aliphatic rings. The molecule has 1 rings (SSSR count). The van der Waals surface area contributed by atoms with E-state index in [4.69, 9.17) is 5.73 Å². The maximum atomic E-state index is 12.1. The summed E-state index contributed by atoms with van der Waals surface area (Å²) in [7, 11) is 3.64. The molecule has 1 atom stereocenters. The highest BCUT2D eigenvalue weighted by Gasteiger charge is 2.21. The van der Waals surface area contributed by atoms with Crippen molar-refractivity contribution in [2.24, 2.45) is 5.92 Å². The van der Waals surface area contributed by atoms with Gasteiger partial charge in [0.15, 0.2) is 5.13 Å². The number of hydrogen-bond acceptors (Lipinski definition) is 6. The summed E-state index contributed by atoms with van der Waals surface area (Å²) in [5, 5.41) is 6.05. The van der Waals surface area contributed by atoms with E-state index in [2.05, 4.69) is 15.6 Å². The second kappa shape index (κ2) is 7.26. The molecule has 21 heavy (non-hydrogen) atoms. The van der Waals surface area contributed by atoms with Gasteiger partial charge in [-0.05, 0) is 12.8 Å². The van der Waals surface area contributed by atoms with Gasteiger partial charge in [0.2, 0.25) is 5.91 Å². The van der Waals surface area contributed by atoms with Crippen molar-refractivity contribution >= 4 is 34.1 Å². The Bertz CT molecular complexity index is 513. The number of aromatic nitrogens is 1. The van der Waals surface area contributed by atoms with Gasteiger partial charge in [-0.15, -0.1) is 0 Å². The summed E-state index contributed by atoms with van der Waals surface area (Å²) in [5.74, 6) is -0.0640. The number of nitrogen functional groups attached to an aromatic ring is 1. The first-order valence-corrected chi connectivity index (χ1v) is 7.56. The summed E-state index contributed by atoms with van der Waals surface area (Å²) < 4.78 is 0. The highest BCUT2D eigenvalue weighted by molar-refractivity contribution is 7.18. The summed E-state index contributed by atoms with van der Waals surface area (Å²) in [6.45, 7) is 6.22. The highest BCUT2D eigenvalue weighted by Crippen LogP contribution is 2.26. The quantitative estimate of drug-likeness (QED) is 0.717. The topological polar surface area (TPSA) is 100 Å². The zero-order valence-electron chi connectivity index (χ0n) is 13.1. The molecule has 0 fully saturated rings. The molecule has 1 unspecified atom stereocenters. The zero-order valence-corrected chi connectivity index (χ0v) is 13.9. The van der Waals surface area contributed by atoms with Crippen LogP contribution in [0.1, 0.15) is 30.4 Å². The third kappa shape index (κ3) is 4.89. The SMILES string of the molecule is CC(C)CNC(=O)C(C)NC(=O)c1sc(N(C)C)nc1N. The van der Waals surface area contributed by atoms with Crippen LogP contribution >= 0.6 is 11.3 Å². The van der Waals surface area contributed by atoms with Gasteiger partial charge in [-0.1, -0.05) is 25.2 Å². The van der Waals surface area contributed by atoms with Crippen molar-refractivity contribution < 1.29 is 9.59 Å². The lowest BCUT2D eigenvalue weighted by Crippen LogP contribution is -2.45. The molecule has 1 heterocycles. The lowest BCUT2D eigenvalue weighted by Gasteiger charge is -2.14. The molecule has 0 bridgehead atoms. The largest absolute Gasteiger partial charge is 0.382 e. The van der Waals surface area contributed by atoms with Crippen LogP contribution in [-0.2, 0) is 4.79 Å². The predicted octanol–water partition coefficient (Wildman–Crippen LogP) is 0.682. The number of carbonyl (C=O) groups is 2. The van der Waals surface area contributed by atoms with Crippen molar-refractivity contribution in [3.8, 4) is 0 Å². The molecule has 0 radical (unpaired) electrons. The molecule has 1 aromatic rings. The third-order valence-corrected chi connectivity index (χ3v) is 3.89. The Morgan fingerprint density at radius 1 is 1.33 bits per heavy atom. The second-order valence-corrected chi connectivity index (χ2v) is 6.42. The van der Waals surface area contributed by atoms with Gasteiger partial charge >= 0.3 is 0 Å². The van der Waals surface area contributed by atoms with E-state index in [9.17, 15) is 9.59 Å². The molecule has 0 aliphatic heterocycles. The fraction of sp³-hybridized carbons (Fsp3) is 0.615. The van der Waals surface area contributed by atoms with E-state index < -0.39 is 6.04 Å². The molecule has 8 heteroatoms. The molecular weight excluding hydrogens is 290 g/mol. The van der Waals surface area contributed by atoms with Gasteiger partial charge in [0.1, 0.15) is 16.7 Å². The Morgan fingerprint density at radius 3 is 2.43 bits per heavy atom. The standard InChI is InChI=1S/C13H23N5O2S/c1-7(2)6-15-11(19)8(3)16-12(20)9-10(14)17-13(21-9)18(4)5/h7-8H,6,14H2,1-5H3,(H,15,19)(H,16,20). The molecule has 0 spiro atoms. The number of hydrogen-bond donors (Lipinski definition) is 3. The molecule has 0 aliphatic carbocycles. The van der Waals surface area contributed by atoms with Crippen LogP contribution in [-0.4, -0.2) is 43.5 Å². The summed E-state index contributed by atoms with van der Waals surface area (Å²) in [6.07, 6.45) is 0. The first-order chi connectivity index (χ1) is 9.72. The van der Waals surface area contributed by atoms with Gasteiger partial charge in [-0.2, -0.15) is 0 Å². The van der Waals surface area contributed by atoms with Gasteiger partial charge in [0.25, 0.3) is 5.91 Å². The summed E-state index contributed by atoms with van der Waals surface area (Å²) in [4.78, 5) is 30.2. The molecule has 0 saturated carbocycles. The number of anilines is 2. The number of amides is 2. The van der Waals surface area contributed by atoms with E-state index >= 15 is 0 Å². The van der Waals surface area contributed by atoms with Gasteiger partial charge < -0.3 is 21.3 Å². The minimum absolute atomic E-state index is 0.177. The van der Waals surface area contributed by atoms with E-state index in [0.29, 0.717) is 22.5 Å². The average Bonchev–Trinajstić information content (AvgIpc) is 2.78. The second-order valence-electron chi connectivity index (χ2n) is 5.44. The van der Waals surface area contributed by atoms with Crippen molar-refractivity contribution in [3.63, 3.8) is 0 Å². The molecule has 0 aromatic carbocycles. The van der Waals surface area contributed by atoms with Crippen molar-refractivity contribution in [2.75, 3.05) is 31.3 Å². The van der Waals surface area contributed by atoms with Gasteiger partial charge in [-0.3, -0.25) is 9.59 Å². The zero-order chi connectivity index (χ0) is 16.2. The first-order valence-electron chi connectivity index (χ1n) is 6.74. The normalized spacial score (nSPS) is 12.1. The Hall–Kier alpha value is -1.83. The molecule has 4 N–H and O–H groups in total. The van der Waals surface area contributed by atoms with Gasteiger partial charge in [-0.25, -0.2) is 4.98 Å². The monoisotopic (exact) mass is 313 g/mol. The number of nitrogens with two attached hydrogens (primary N) is 1. The fourth-order valence-corrected chi connectivity index (χ4v) is 2.27. The van der Waals surface area contributed by atoms with Crippen LogP contribution in [0.2, 0.25) is 0 Å². The van der Waals surface area contributed by atoms with Crippen LogP contribution in [0, 0.1) is 5.92 Å². The van der Waals surface area contributed by atoms with E-state index in [1.165, 1.54) is 11.3 Å². The van der Waals surface area contributed by atoms with Crippen LogP contribution in [0.15, 0.2) is 0 Å². The molecule has 118 valence electrons. The lowest BCUT2D eigenvalue weighted by molar-refractivity contribution is -0.122. The van der Waals surface area contributed by atoms with Crippen LogP contribution < -0.4 is 21.3 Å². The Balaban J connectivity index is 2.66. The number of nitrogens with zero attached hydrogens (tertiary/aromatic N) is 2. The van der Waals surface area contributed by atoms with E-state index in [1.807, 2.05) is 27.9 Å². The van der Waals surface area contributed by atoms with Crippen LogP contribution in [0.3, 0.4) is 0 Å². The predicted molar refractivity (Wildman–Crippen MR) is 85.6 cm³/mol. The minimum atomic E-state index is -0.624. The fourth-order valence-electron chi connectivity index (χ4n) is 1.46. The molecule has 7 nitrogen and oxygen atoms in total. The highest BCUT2D eigenvalue weighted by atomic mass is 32.1. The number of carbonyl (C=O) groups excluding carboxylic acids is 2. The van der Waals surface area contributed by atoms with Crippen LogP contribution in [0.25, 0.3) is 0 Å². The van der Waals surface area contributed by atoms with Crippen molar-refractivity contribution in [2.45, 2.75) is 26.8 Å². The third-order valence-electron chi connectivity index (χ3n) is 2.66. The van der Waals surface area contributed by atoms with Crippen molar-refractivity contribution in [1.29, 1.82) is 0 Å². The smallest absolute Gasteiger partial charge is 0.265 e. The van der Waals surface area contributed by atoms with E-state index in [0.717, 1.165) is 0 Å². The number of rotatable bonds is 6. The minimum Gasteiger partial charge on any atom is -0.382 e. The Labute approximate surface area is 128 Å². The molecule has 2 amide bonds. The molecule has 0 saturated heterocycles. The van der Waals surface area contributed by atoms with Crippen LogP contribution in [0.5, 0.6) is 0 Å². The van der Waals surface area contributed by atoms with Gasteiger partial charge in [0.05, 0.1) is 0 Å². The first kappa shape index (κ1) is 17.2. The van der Waals surface area contributed by atoms with E-state index in [1.54, 1.807) is 11.8 Å². The Morgan fingerprint density at radius 2 is 1.95 bits per heavy atom. The average molecular weight is 313 g/mol. The maximum Gasteiger partial charge on any atom is 0.265 e. The summed E-state index contributed by atoms with van der Waals surface area (Å²) in [5.41, 5.74) is 5.74. The maximum absolute atomic E-state index is 12.1. The van der Waals surface area contributed by atoms with Gasteiger partial charge in [0, 0.05) is 20.6 Å². The van der Waals surface area contributed by atoms with Crippen molar-refractivity contribution in [1.82, 2.24) is 15.6 Å². The van der Waals surface area contributed by atoms with Crippen LogP contribution in [0.4, 0.5) is 10.9 Å². The summed E-state index contributed by atoms with van der Waals surface area (Å²) >= 11 is 1.19. The molecular formula is C13H23N5O2S.